The fraction of sp³-hybridized carbons (Fsp3) is 0.325. The van der Waals surface area contributed by atoms with Crippen LogP contribution in [0.4, 0.5) is 17.1 Å². The lowest BCUT2D eigenvalue weighted by atomic mass is 9.82. The molecule has 4 atom stereocenters. The third kappa shape index (κ3) is 6.24. The molecule has 1 saturated heterocycles. The fourth-order valence-corrected chi connectivity index (χ4v) is 10.8. The second kappa shape index (κ2) is 13.7. The number of amides is 3. The van der Waals surface area contributed by atoms with Crippen molar-refractivity contribution in [3.63, 3.8) is 0 Å². The number of carbonyl (C=O) groups is 3. The Morgan fingerprint density at radius 3 is 2.27 bits per heavy atom. The summed E-state index contributed by atoms with van der Waals surface area (Å²) in [6.07, 6.45) is -0.851. The highest BCUT2D eigenvalue weighted by Crippen LogP contribution is 2.60. The molecular weight excluding hydrogens is 663 g/mol. The molecule has 0 bridgehead atoms. The maximum atomic E-state index is 15.0. The summed E-state index contributed by atoms with van der Waals surface area (Å²) in [5.41, 5.74) is 2.25. The molecule has 4 aromatic rings. The Morgan fingerprint density at radius 1 is 0.922 bits per heavy atom. The van der Waals surface area contributed by atoms with Crippen LogP contribution in [0.15, 0.2) is 103 Å². The highest BCUT2D eigenvalue weighted by molar-refractivity contribution is 6.71. The monoisotopic (exact) mass is 705 g/mol. The molecule has 1 spiro atoms. The summed E-state index contributed by atoms with van der Waals surface area (Å²) in [6, 6.07) is 32.2. The highest BCUT2D eigenvalue weighted by Gasteiger charge is 2.66. The number of fused-ring (bicyclic) bond motifs is 3. The summed E-state index contributed by atoms with van der Waals surface area (Å²) < 4.78 is 12.7. The number of ether oxygens (including phenoxy) is 2. The SMILES string of the molecule is C[C@H]1[C@H]([Si](C)(C)O)[C@@H](CC(=O)N(CCO)Cc2ccccc2)O[C@]12C(=O)N(Cc1ccccc1)c1ccc(N3C(=O)COc4ccccc43)cc12. The van der Waals surface area contributed by atoms with Crippen molar-refractivity contribution >= 4 is 43.1 Å². The molecule has 264 valence electrons. The van der Waals surface area contributed by atoms with Gasteiger partial charge in [0.25, 0.3) is 11.8 Å². The van der Waals surface area contributed by atoms with E-state index in [9.17, 15) is 19.5 Å². The molecule has 11 heteroatoms. The predicted molar refractivity (Wildman–Crippen MR) is 196 cm³/mol. The van der Waals surface area contributed by atoms with Crippen LogP contribution in [0, 0.1) is 5.92 Å². The van der Waals surface area contributed by atoms with Crippen LogP contribution in [-0.2, 0) is 37.8 Å². The van der Waals surface area contributed by atoms with E-state index >= 15 is 4.79 Å². The van der Waals surface area contributed by atoms with Gasteiger partial charge in [-0.05, 0) is 54.6 Å². The Morgan fingerprint density at radius 2 is 1.59 bits per heavy atom. The van der Waals surface area contributed by atoms with Crippen LogP contribution in [0.25, 0.3) is 0 Å². The number of rotatable bonds is 10. The van der Waals surface area contributed by atoms with Gasteiger partial charge in [0.1, 0.15) is 5.75 Å². The second-order valence-corrected chi connectivity index (χ2v) is 18.1. The lowest BCUT2D eigenvalue weighted by Gasteiger charge is -2.33. The van der Waals surface area contributed by atoms with Gasteiger partial charge in [0.15, 0.2) is 20.5 Å². The normalized spacial score (nSPS) is 22.6. The van der Waals surface area contributed by atoms with Gasteiger partial charge in [-0.25, -0.2) is 0 Å². The van der Waals surface area contributed by atoms with Crippen LogP contribution in [0.5, 0.6) is 5.75 Å². The first-order valence-corrected chi connectivity index (χ1v) is 20.4. The molecule has 0 aromatic heterocycles. The Hall–Kier alpha value is -4.81. The van der Waals surface area contributed by atoms with Gasteiger partial charge >= 0.3 is 0 Å². The average molecular weight is 706 g/mol. The minimum absolute atomic E-state index is 0.0725. The molecule has 3 aliphatic rings. The minimum Gasteiger partial charge on any atom is -0.482 e. The fourth-order valence-electron chi connectivity index (χ4n) is 8.23. The first kappa shape index (κ1) is 34.6. The molecule has 3 aliphatic heterocycles. The summed E-state index contributed by atoms with van der Waals surface area (Å²) in [4.78, 5) is 59.3. The average Bonchev–Trinajstić information content (AvgIpc) is 3.54. The summed E-state index contributed by atoms with van der Waals surface area (Å²) in [6.45, 7) is 5.98. The summed E-state index contributed by atoms with van der Waals surface area (Å²) in [7, 11) is -3.09. The molecule has 7 rings (SSSR count). The molecule has 3 heterocycles. The predicted octanol–water partition coefficient (Wildman–Crippen LogP) is 5.50. The third-order valence-corrected chi connectivity index (χ3v) is 12.9. The number of carbonyl (C=O) groups excluding carboxylic acids is 3. The maximum absolute atomic E-state index is 15.0. The van der Waals surface area contributed by atoms with E-state index in [-0.39, 0.29) is 43.9 Å². The van der Waals surface area contributed by atoms with Gasteiger partial charge < -0.3 is 29.2 Å². The molecule has 0 saturated carbocycles. The van der Waals surface area contributed by atoms with Gasteiger partial charge in [-0.1, -0.05) is 79.7 Å². The van der Waals surface area contributed by atoms with Crippen molar-refractivity contribution in [2.24, 2.45) is 5.92 Å². The summed E-state index contributed by atoms with van der Waals surface area (Å²) in [5, 5.41) is 9.88. The molecular formula is C40H43N3O7Si. The minimum atomic E-state index is -3.09. The van der Waals surface area contributed by atoms with Crippen LogP contribution in [-0.4, -0.2) is 66.7 Å². The number of para-hydroxylation sites is 2. The molecule has 0 aliphatic carbocycles. The van der Waals surface area contributed by atoms with Crippen LogP contribution >= 0.6 is 0 Å². The summed E-state index contributed by atoms with van der Waals surface area (Å²) >= 11 is 0. The standard InChI is InChI=1S/C40H43N3O7Si/c1-27-38(51(2,3)48)35(23-36(45)41(20-21-44)24-28-12-6-4-7-13-28)50-40(27)31-22-30(43-33-16-10-11-17-34(33)49-26-37(43)46)18-19-32(31)42(39(40)47)25-29-14-8-5-9-15-29/h4-19,22,27,35,38,44,48H,20-21,23-26H2,1-3H3/t27-,35+,38-,40+/m0/s1. The number of anilines is 3. The Balaban J connectivity index is 1.31. The van der Waals surface area contributed by atoms with Gasteiger partial charge in [0.05, 0.1) is 37.1 Å². The number of benzene rings is 4. The van der Waals surface area contributed by atoms with Gasteiger partial charge in [-0.15, -0.1) is 0 Å². The molecule has 1 fully saturated rings. The molecule has 51 heavy (non-hydrogen) atoms. The topological polar surface area (TPSA) is 120 Å². The zero-order valence-electron chi connectivity index (χ0n) is 29.1. The van der Waals surface area contributed by atoms with E-state index in [4.69, 9.17) is 9.47 Å². The van der Waals surface area contributed by atoms with E-state index in [1.807, 2.05) is 123 Å². The zero-order chi connectivity index (χ0) is 35.9. The number of aliphatic hydroxyl groups is 1. The van der Waals surface area contributed by atoms with E-state index in [2.05, 4.69) is 0 Å². The van der Waals surface area contributed by atoms with Crippen LogP contribution in [0.3, 0.4) is 0 Å². The number of hydrogen-bond donors (Lipinski definition) is 2. The van der Waals surface area contributed by atoms with Crippen molar-refractivity contribution in [2.75, 3.05) is 29.6 Å². The highest BCUT2D eigenvalue weighted by atomic mass is 28.4. The Bertz CT molecular complexity index is 1940. The molecule has 3 amide bonds. The van der Waals surface area contributed by atoms with Crippen molar-refractivity contribution in [3.8, 4) is 5.75 Å². The molecule has 4 aromatic carbocycles. The first-order valence-electron chi connectivity index (χ1n) is 17.4. The Kier molecular flexibility index (Phi) is 9.32. The summed E-state index contributed by atoms with van der Waals surface area (Å²) in [5.74, 6) is -0.691. The van der Waals surface area contributed by atoms with E-state index < -0.39 is 31.5 Å². The zero-order valence-corrected chi connectivity index (χ0v) is 30.1. The first-order chi connectivity index (χ1) is 24.5. The Labute approximate surface area is 299 Å². The van der Waals surface area contributed by atoms with Crippen molar-refractivity contribution in [1.82, 2.24) is 4.90 Å². The van der Waals surface area contributed by atoms with E-state index in [0.29, 0.717) is 41.5 Å². The van der Waals surface area contributed by atoms with Crippen molar-refractivity contribution < 1.29 is 33.8 Å². The maximum Gasteiger partial charge on any atom is 0.269 e. The number of hydrogen-bond acceptors (Lipinski definition) is 7. The third-order valence-electron chi connectivity index (χ3n) is 10.4. The molecule has 2 N–H and O–H groups in total. The molecule has 10 nitrogen and oxygen atoms in total. The quantitative estimate of drug-likeness (QED) is 0.209. The van der Waals surface area contributed by atoms with Gasteiger partial charge in [-0.2, -0.15) is 0 Å². The van der Waals surface area contributed by atoms with E-state index in [1.54, 1.807) is 14.7 Å². The molecule has 0 radical (unpaired) electrons. The van der Waals surface area contributed by atoms with E-state index in [1.165, 1.54) is 0 Å². The van der Waals surface area contributed by atoms with Crippen molar-refractivity contribution in [3.05, 3.63) is 120 Å². The van der Waals surface area contributed by atoms with Crippen molar-refractivity contribution in [1.29, 1.82) is 0 Å². The number of nitrogens with zero attached hydrogens (tertiary/aromatic N) is 3. The van der Waals surface area contributed by atoms with Crippen LogP contribution < -0.4 is 14.5 Å². The largest absolute Gasteiger partial charge is 0.482 e. The van der Waals surface area contributed by atoms with Crippen molar-refractivity contribution in [2.45, 2.75) is 56.8 Å². The second-order valence-electron chi connectivity index (χ2n) is 14.2. The lowest BCUT2D eigenvalue weighted by Crippen LogP contribution is -2.46. The number of aliphatic hydroxyl groups excluding tert-OH is 1. The van der Waals surface area contributed by atoms with Gasteiger partial charge in [-0.3, -0.25) is 19.3 Å². The van der Waals surface area contributed by atoms with Gasteiger partial charge in [0, 0.05) is 35.8 Å². The van der Waals surface area contributed by atoms with Crippen LogP contribution in [0.1, 0.15) is 30.0 Å². The smallest absolute Gasteiger partial charge is 0.269 e. The van der Waals surface area contributed by atoms with Gasteiger partial charge in [0.2, 0.25) is 5.91 Å². The lowest BCUT2D eigenvalue weighted by molar-refractivity contribution is -0.150. The van der Waals surface area contributed by atoms with Crippen LogP contribution in [0.2, 0.25) is 18.6 Å². The van der Waals surface area contributed by atoms with E-state index in [0.717, 1.165) is 11.1 Å². The molecule has 0 unspecified atom stereocenters.